The molecule has 0 saturated heterocycles. The molecule has 7 heteroatoms. The van der Waals surface area contributed by atoms with Crippen LogP contribution in [0.2, 0.25) is 0 Å². The molecule has 1 atom stereocenters. The molecular formula is C19H17FN2O3S. The lowest BCUT2D eigenvalue weighted by atomic mass is 10.2. The average molecular weight is 372 g/mol. The summed E-state index contributed by atoms with van der Waals surface area (Å²) in [6.07, 6.45) is 1.08. The Bertz CT molecular complexity index is 1020. The number of hydrogen-bond donors (Lipinski definition) is 1. The average Bonchev–Trinajstić information content (AvgIpc) is 2.62. The number of carboxylic acids is 1. The van der Waals surface area contributed by atoms with Gasteiger partial charge in [0.25, 0.3) is 5.56 Å². The minimum atomic E-state index is -0.987. The van der Waals surface area contributed by atoms with E-state index in [0.29, 0.717) is 23.7 Å². The third-order valence-electron chi connectivity index (χ3n) is 3.91. The van der Waals surface area contributed by atoms with E-state index in [2.05, 4.69) is 4.98 Å². The van der Waals surface area contributed by atoms with Gasteiger partial charge in [-0.3, -0.25) is 14.2 Å². The van der Waals surface area contributed by atoms with Crippen molar-refractivity contribution >= 4 is 28.6 Å². The van der Waals surface area contributed by atoms with Gasteiger partial charge in [0.2, 0.25) is 0 Å². The number of carbonyl (C=O) groups is 1. The summed E-state index contributed by atoms with van der Waals surface area (Å²) in [5, 5.41) is 9.20. The summed E-state index contributed by atoms with van der Waals surface area (Å²) in [4.78, 5) is 29.0. The smallest absolute Gasteiger partial charge is 0.317 e. The Kier molecular flexibility index (Phi) is 5.37. The van der Waals surface area contributed by atoms with Crippen molar-refractivity contribution in [3.05, 3.63) is 64.7 Å². The van der Waals surface area contributed by atoms with Crippen LogP contribution in [0.1, 0.15) is 19.8 Å². The molecule has 0 aliphatic rings. The van der Waals surface area contributed by atoms with Crippen LogP contribution in [0.25, 0.3) is 16.6 Å². The first-order valence-electron chi connectivity index (χ1n) is 8.19. The van der Waals surface area contributed by atoms with Crippen LogP contribution in [0.15, 0.2) is 58.5 Å². The van der Waals surface area contributed by atoms with E-state index in [-0.39, 0.29) is 10.8 Å². The third-order valence-corrected chi connectivity index (χ3v) is 5.12. The van der Waals surface area contributed by atoms with Crippen molar-refractivity contribution in [3.8, 4) is 5.69 Å². The predicted molar refractivity (Wildman–Crippen MR) is 99.5 cm³/mol. The first-order valence-corrected chi connectivity index (χ1v) is 9.07. The molecule has 1 unspecified atom stereocenters. The van der Waals surface area contributed by atoms with Crippen LogP contribution < -0.4 is 5.56 Å². The number of thioether (sulfide) groups is 1. The number of carboxylic acid groups (broad SMARTS) is 1. The Balaban J connectivity index is 2.26. The third kappa shape index (κ3) is 3.48. The molecule has 0 fully saturated rings. The monoisotopic (exact) mass is 372 g/mol. The maximum Gasteiger partial charge on any atom is 0.317 e. The fraction of sp³-hybridized carbons (Fsp3) is 0.211. The van der Waals surface area contributed by atoms with Crippen LogP contribution in [0.3, 0.4) is 0 Å². The Hall–Kier alpha value is -2.67. The van der Waals surface area contributed by atoms with Crippen molar-refractivity contribution in [2.75, 3.05) is 0 Å². The summed E-state index contributed by atoms with van der Waals surface area (Å²) >= 11 is 0.966. The number of rotatable bonds is 6. The molecule has 0 radical (unpaired) electrons. The van der Waals surface area contributed by atoms with Crippen LogP contribution in [0.5, 0.6) is 0 Å². The number of aliphatic carboxylic acids is 1. The second kappa shape index (κ2) is 7.70. The lowest BCUT2D eigenvalue weighted by molar-refractivity contribution is -0.136. The highest BCUT2D eigenvalue weighted by Gasteiger charge is 2.23. The number of hydrogen-bond acceptors (Lipinski definition) is 4. The molecule has 0 bridgehead atoms. The highest BCUT2D eigenvalue weighted by Crippen LogP contribution is 2.28. The van der Waals surface area contributed by atoms with Gasteiger partial charge in [0, 0.05) is 0 Å². The summed E-state index contributed by atoms with van der Waals surface area (Å²) in [5.74, 6) is -1.56. The van der Waals surface area contributed by atoms with Crippen molar-refractivity contribution in [3.63, 3.8) is 0 Å². The molecule has 0 amide bonds. The zero-order valence-electron chi connectivity index (χ0n) is 14.1. The Labute approximate surface area is 153 Å². The summed E-state index contributed by atoms with van der Waals surface area (Å²) < 4.78 is 15.5. The molecule has 1 aromatic heterocycles. The molecule has 1 N–H and O–H groups in total. The molecule has 3 aromatic rings. The van der Waals surface area contributed by atoms with Crippen molar-refractivity contribution in [1.82, 2.24) is 9.55 Å². The summed E-state index contributed by atoms with van der Waals surface area (Å²) in [5.41, 5.74) is 0.0796. The Morgan fingerprint density at radius 3 is 2.62 bits per heavy atom. The SMILES string of the molecule is CCCC(Sc1nc2ccccc2c(=O)n1-c1ccccc1F)C(=O)O. The summed E-state index contributed by atoms with van der Waals surface area (Å²) in [7, 11) is 0. The summed E-state index contributed by atoms with van der Waals surface area (Å²) in [6, 6.07) is 12.6. The lowest BCUT2D eigenvalue weighted by Crippen LogP contribution is -2.25. The normalized spacial score (nSPS) is 12.2. The Morgan fingerprint density at radius 2 is 1.92 bits per heavy atom. The zero-order valence-corrected chi connectivity index (χ0v) is 14.9. The maximum atomic E-state index is 14.4. The first-order chi connectivity index (χ1) is 12.5. The molecule has 134 valence electrons. The second-order valence-corrected chi connectivity index (χ2v) is 6.91. The van der Waals surface area contributed by atoms with Gasteiger partial charge in [-0.2, -0.15) is 0 Å². The molecule has 0 aliphatic heterocycles. The number of nitrogens with zero attached hydrogens (tertiary/aromatic N) is 2. The molecule has 2 aromatic carbocycles. The van der Waals surface area contributed by atoms with Crippen molar-refractivity contribution < 1.29 is 14.3 Å². The standard InChI is InChI=1S/C19H17FN2O3S/c1-2-7-16(18(24)25)26-19-21-14-10-5-3-8-12(14)17(23)22(19)15-11-6-4-9-13(15)20/h3-6,8-11,16H,2,7H2,1H3,(H,24,25). The van der Waals surface area contributed by atoms with Gasteiger partial charge in [0.05, 0.1) is 16.6 Å². The van der Waals surface area contributed by atoms with Crippen LogP contribution in [0.4, 0.5) is 4.39 Å². The molecule has 0 spiro atoms. The largest absolute Gasteiger partial charge is 0.480 e. The molecule has 26 heavy (non-hydrogen) atoms. The van der Waals surface area contributed by atoms with E-state index < -0.39 is 22.6 Å². The van der Waals surface area contributed by atoms with Crippen molar-refractivity contribution in [2.24, 2.45) is 0 Å². The van der Waals surface area contributed by atoms with Crippen LogP contribution >= 0.6 is 11.8 Å². The van der Waals surface area contributed by atoms with Crippen LogP contribution in [0, 0.1) is 5.82 Å². The van der Waals surface area contributed by atoms with Gasteiger partial charge in [-0.1, -0.05) is 49.4 Å². The number of halogens is 1. The van der Waals surface area contributed by atoms with Gasteiger partial charge in [0.15, 0.2) is 5.16 Å². The molecule has 0 saturated carbocycles. The molecule has 5 nitrogen and oxygen atoms in total. The van der Waals surface area contributed by atoms with E-state index in [1.54, 1.807) is 30.3 Å². The van der Waals surface area contributed by atoms with Gasteiger partial charge in [0.1, 0.15) is 11.1 Å². The fourth-order valence-electron chi connectivity index (χ4n) is 2.66. The number of benzene rings is 2. The molecule has 0 aliphatic carbocycles. The number of aromatic nitrogens is 2. The minimum Gasteiger partial charge on any atom is -0.480 e. The highest BCUT2D eigenvalue weighted by molar-refractivity contribution is 8.00. The first kappa shape index (κ1) is 18.1. The predicted octanol–water partition coefficient (Wildman–Crippen LogP) is 3.87. The van der Waals surface area contributed by atoms with Gasteiger partial charge in [-0.25, -0.2) is 9.37 Å². The van der Waals surface area contributed by atoms with Crippen LogP contribution in [-0.2, 0) is 4.79 Å². The van der Waals surface area contributed by atoms with E-state index in [9.17, 15) is 19.1 Å². The topological polar surface area (TPSA) is 72.2 Å². The van der Waals surface area contributed by atoms with Gasteiger partial charge >= 0.3 is 5.97 Å². The van der Waals surface area contributed by atoms with Crippen molar-refractivity contribution in [2.45, 2.75) is 30.2 Å². The van der Waals surface area contributed by atoms with E-state index >= 15 is 0 Å². The van der Waals surface area contributed by atoms with Crippen molar-refractivity contribution in [1.29, 1.82) is 0 Å². The van der Waals surface area contributed by atoms with E-state index in [4.69, 9.17) is 0 Å². The molecular weight excluding hydrogens is 355 g/mol. The zero-order chi connectivity index (χ0) is 18.7. The van der Waals surface area contributed by atoms with E-state index in [1.165, 1.54) is 18.2 Å². The number of para-hydroxylation sites is 2. The maximum absolute atomic E-state index is 14.4. The lowest BCUT2D eigenvalue weighted by Gasteiger charge is -2.16. The minimum absolute atomic E-state index is 0.0545. The van der Waals surface area contributed by atoms with E-state index in [1.807, 2.05) is 6.92 Å². The second-order valence-electron chi connectivity index (χ2n) is 5.74. The van der Waals surface area contributed by atoms with E-state index in [0.717, 1.165) is 16.3 Å². The quantitative estimate of drug-likeness (QED) is 0.525. The summed E-state index contributed by atoms with van der Waals surface area (Å²) in [6.45, 7) is 1.88. The Morgan fingerprint density at radius 1 is 1.23 bits per heavy atom. The molecule has 3 rings (SSSR count). The highest BCUT2D eigenvalue weighted by atomic mass is 32.2. The van der Waals surface area contributed by atoms with Gasteiger partial charge in [-0.15, -0.1) is 0 Å². The fourth-order valence-corrected chi connectivity index (χ4v) is 3.81. The van der Waals surface area contributed by atoms with Gasteiger partial charge in [-0.05, 0) is 30.7 Å². The van der Waals surface area contributed by atoms with Gasteiger partial charge < -0.3 is 5.11 Å². The van der Waals surface area contributed by atoms with Crippen LogP contribution in [-0.4, -0.2) is 25.9 Å². The number of fused-ring (bicyclic) bond motifs is 1. The molecule has 1 heterocycles.